The largest absolute Gasteiger partial charge is 0.368 e. The second kappa shape index (κ2) is 6.56. The van der Waals surface area contributed by atoms with Crippen LogP contribution in [0, 0.1) is 16.0 Å². The van der Waals surface area contributed by atoms with Gasteiger partial charge in [0, 0.05) is 49.9 Å². The lowest BCUT2D eigenvalue weighted by Crippen LogP contribution is -2.50. The molecule has 0 N–H and O–H groups in total. The Morgan fingerprint density at radius 1 is 1.24 bits per heavy atom. The normalized spacial score (nSPS) is 16.7. The minimum atomic E-state index is -0.396. The summed E-state index contributed by atoms with van der Waals surface area (Å²) in [6, 6.07) is 6.58. The zero-order valence-electron chi connectivity index (χ0n) is 12.5. The molecule has 6 heteroatoms. The van der Waals surface area contributed by atoms with Gasteiger partial charge in [0.2, 0.25) is 5.91 Å². The molecule has 1 aromatic carbocycles. The van der Waals surface area contributed by atoms with E-state index in [2.05, 4.69) is 4.90 Å². The lowest BCUT2D eigenvalue weighted by atomic mass is 10.1. The van der Waals surface area contributed by atoms with Gasteiger partial charge in [-0.2, -0.15) is 0 Å². The molecule has 21 heavy (non-hydrogen) atoms. The number of carbonyl (C=O) groups is 1. The van der Waals surface area contributed by atoms with E-state index < -0.39 is 4.92 Å². The molecule has 1 heterocycles. The van der Waals surface area contributed by atoms with Crippen molar-refractivity contribution in [1.29, 1.82) is 0 Å². The van der Waals surface area contributed by atoms with E-state index in [0.717, 1.165) is 25.2 Å². The fourth-order valence-corrected chi connectivity index (χ4v) is 2.46. The molecule has 1 fully saturated rings. The lowest BCUT2D eigenvalue weighted by Gasteiger charge is -2.37. The Balaban J connectivity index is 1.94. The molecule has 1 atom stereocenters. The predicted octanol–water partition coefficient (Wildman–Crippen LogP) is 2.29. The summed E-state index contributed by atoms with van der Waals surface area (Å²) in [7, 11) is 0. The van der Waals surface area contributed by atoms with Crippen molar-refractivity contribution in [2.45, 2.75) is 20.3 Å². The first kappa shape index (κ1) is 15.3. The van der Waals surface area contributed by atoms with Crippen LogP contribution in [0.2, 0.25) is 0 Å². The van der Waals surface area contributed by atoms with E-state index in [1.54, 1.807) is 12.1 Å². The number of piperazine rings is 1. The smallest absolute Gasteiger partial charge is 0.269 e. The highest BCUT2D eigenvalue weighted by Crippen LogP contribution is 2.21. The molecule has 0 spiro atoms. The highest BCUT2D eigenvalue weighted by atomic mass is 16.6. The Morgan fingerprint density at radius 3 is 2.29 bits per heavy atom. The molecule has 6 nitrogen and oxygen atoms in total. The molecule has 1 aliphatic rings. The van der Waals surface area contributed by atoms with E-state index in [9.17, 15) is 14.9 Å². The summed E-state index contributed by atoms with van der Waals surface area (Å²) in [5, 5.41) is 10.6. The Morgan fingerprint density at radius 2 is 1.81 bits per heavy atom. The molecule has 114 valence electrons. The molecule has 2 rings (SSSR count). The number of rotatable bonds is 4. The van der Waals surface area contributed by atoms with Gasteiger partial charge in [0.1, 0.15) is 0 Å². The molecule has 1 amide bonds. The number of hydrogen-bond acceptors (Lipinski definition) is 4. The maximum Gasteiger partial charge on any atom is 0.269 e. The zero-order chi connectivity index (χ0) is 15.4. The molecule has 0 unspecified atom stereocenters. The van der Waals surface area contributed by atoms with Crippen LogP contribution in [0.25, 0.3) is 0 Å². The standard InChI is InChI=1S/C15H21N3O3/c1-3-12(2)15(19)17-10-8-16(9-11-17)13-4-6-14(7-5-13)18(20)21/h4-7,12H,3,8-11H2,1-2H3/t12-/m0/s1. The summed E-state index contributed by atoms with van der Waals surface area (Å²) in [6.45, 7) is 6.93. The Bertz CT molecular complexity index is 507. The van der Waals surface area contributed by atoms with E-state index in [0.29, 0.717) is 13.1 Å². The molecule has 0 bridgehead atoms. The summed E-state index contributed by atoms with van der Waals surface area (Å²) in [6.07, 6.45) is 0.863. The second-order valence-electron chi connectivity index (χ2n) is 5.40. The molecule has 1 saturated heterocycles. The van der Waals surface area contributed by atoms with Crippen molar-refractivity contribution < 1.29 is 9.72 Å². The second-order valence-corrected chi connectivity index (χ2v) is 5.40. The third kappa shape index (κ3) is 3.51. The number of nitrogens with zero attached hydrogens (tertiary/aromatic N) is 3. The lowest BCUT2D eigenvalue weighted by molar-refractivity contribution is -0.384. The van der Waals surface area contributed by atoms with Crippen LogP contribution in [0.3, 0.4) is 0 Å². The SMILES string of the molecule is CC[C@H](C)C(=O)N1CCN(c2ccc([N+](=O)[O-])cc2)CC1. The average molecular weight is 291 g/mol. The molecule has 1 aliphatic heterocycles. The Kier molecular flexibility index (Phi) is 4.77. The number of amides is 1. The van der Waals surface area contributed by atoms with Gasteiger partial charge in [-0.15, -0.1) is 0 Å². The van der Waals surface area contributed by atoms with Gasteiger partial charge in [0.05, 0.1) is 4.92 Å². The highest BCUT2D eigenvalue weighted by molar-refractivity contribution is 5.78. The predicted molar refractivity (Wildman–Crippen MR) is 81.3 cm³/mol. The van der Waals surface area contributed by atoms with Crippen LogP contribution in [0.1, 0.15) is 20.3 Å². The van der Waals surface area contributed by atoms with Crippen molar-refractivity contribution in [3.63, 3.8) is 0 Å². The number of hydrogen-bond donors (Lipinski definition) is 0. The molecule has 0 aliphatic carbocycles. The van der Waals surface area contributed by atoms with Gasteiger partial charge in [0.25, 0.3) is 5.69 Å². The summed E-state index contributed by atoms with van der Waals surface area (Å²) in [4.78, 5) is 26.4. The summed E-state index contributed by atoms with van der Waals surface area (Å²) in [5.74, 6) is 0.303. The number of nitro groups is 1. The van der Waals surface area contributed by atoms with Crippen molar-refractivity contribution >= 4 is 17.3 Å². The van der Waals surface area contributed by atoms with Gasteiger partial charge < -0.3 is 9.80 Å². The van der Waals surface area contributed by atoms with Crippen LogP contribution in [0.5, 0.6) is 0 Å². The number of non-ortho nitro benzene ring substituents is 1. The summed E-state index contributed by atoms with van der Waals surface area (Å²) in [5.41, 5.74) is 1.07. The van der Waals surface area contributed by atoms with E-state index in [4.69, 9.17) is 0 Å². The fraction of sp³-hybridized carbons (Fsp3) is 0.533. The van der Waals surface area contributed by atoms with E-state index >= 15 is 0 Å². The third-order valence-corrected chi connectivity index (χ3v) is 4.05. The van der Waals surface area contributed by atoms with Crippen molar-refractivity contribution in [1.82, 2.24) is 4.90 Å². The summed E-state index contributed by atoms with van der Waals surface area (Å²) >= 11 is 0. The molecule has 1 aromatic rings. The molecular formula is C15H21N3O3. The third-order valence-electron chi connectivity index (χ3n) is 4.05. The van der Waals surface area contributed by atoms with Crippen LogP contribution in [0.15, 0.2) is 24.3 Å². The van der Waals surface area contributed by atoms with Gasteiger partial charge in [-0.25, -0.2) is 0 Å². The van der Waals surface area contributed by atoms with Gasteiger partial charge >= 0.3 is 0 Å². The van der Waals surface area contributed by atoms with E-state index in [1.807, 2.05) is 18.7 Å². The van der Waals surface area contributed by atoms with Crippen LogP contribution in [-0.4, -0.2) is 41.9 Å². The highest BCUT2D eigenvalue weighted by Gasteiger charge is 2.24. The first-order valence-electron chi connectivity index (χ1n) is 7.31. The number of anilines is 1. The van der Waals surface area contributed by atoms with Gasteiger partial charge in [-0.05, 0) is 18.6 Å². The van der Waals surface area contributed by atoms with E-state index in [-0.39, 0.29) is 17.5 Å². The number of benzene rings is 1. The van der Waals surface area contributed by atoms with Crippen molar-refractivity contribution in [2.75, 3.05) is 31.1 Å². The summed E-state index contributed by atoms with van der Waals surface area (Å²) < 4.78 is 0. The van der Waals surface area contributed by atoms with Crippen molar-refractivity contribution in [3.05, 3.63) is 34.4 Å². The van der Waals surface area contributed by atoms with Crippen LogP contribution in [-0.2, 0) is 4.79 Å². The number of carbonyl (C=O) groups excluding carboxylic acids is 1. The topological polar surface area (TPSA) is 66.7 Å². The van der Waals surface area contributed by atoms with Crippen molar-refractivity contribution in [2.24, 2.45) is 5.92 Å². The molecule has 0 saturated carbocycles. The zero-order valence-corrected chi connectivity index (χ0v) is 12.5. The maximum absolute atomic E-state index is 12.1. The number of nitro benzene ring substituents is 1. The van der Waals surface area contributed by atoms with Crippen LogP contribution in [0.4, 0.5) is 11.4 Å². The average Bonchev–Trinajstić information content (AvgIpc) is 2.53. The molecular weight excluding hydrogens is 270 g/mol. The Hall–Kier alpha value is -2.11. The monoisotopic (exact) mass is 291 g/mol. The Labute approximate surface area is 124 Å². The quantitative estimate of drug-likeness (QED) is 0.630. The van der Waals surface area contributed by atoms with Crippen LogP contribution < -0.4 is 4.90 Å². The van der Waals surface area contributed by atoms with Crippen LogP contribution >= 0.6 is 0 Å². The first-order chi connectivity index (χ1) is 10.0. The van der Waals surface area contributed by atoms with Gasteiger partial charge in [-0.3, -0.25) is 14.9 Å². The maximum atomic E-state index is 12.1. The van der Waals surface area contributed by atoms with E-state index in [1.165, 1.54) is 12.1 Å². The fourth-order valence-electron chi connectivity index (χ4n) is 2.46. The van der Waals surface area contributed by atoms with Gasteiger partial charge in [0.15, 0.2) is 0 Å². The molecule has 0 aromatic heterocycles. The van der Waals surface area contributed by atoms with Crippen molar-refractivity contribution in [3.8, 4) is 0 Å². The van der Waals surface area contributed by atoms with Gasteiger partial charge in [-0.1, -0.05) is 13.8 Å². The first-order valence-corrected chi connectivity index (χ1v) is 7.31. The minimum absolute atomic E-state index is 0.0796. The minimum Gasteiger partial charge on any atom is -0.368 e. The molecule has 0 radical (unpaired) electrons.